The predicted molar refractivity (Wildman–Crippen MR) is 111 cm³/mol. The maximum absolute atomic E-state index is 14.9. The van der Waals surface area contributed by atoms with Crippen molar-refractivity contribution in [3.8, 4) is 16.4 Å². The Kier molecular flexibility index (Phi) is 4.18. The normalized spacial score (nSPS) is 15.6. The van der Waals surface area contributed by atoms with Crippen molar-refractivity contribution in [3.05, 3.63) is 41.2 Å². The highest BCUT2D eigenvalue weighted by Gasteiger charge is 2.27. The van der Waals surface area contributed by atoms with E-state index < -0.39 is 5.82 Å². The van der Waals surface area contributed by atoms with Gasteiger partial charge in [-0.25, -0.2) is 14.6 Å². The zero-order valence-electron chi connectivity index (χ0n) is 15.2. The first kappa shape index (κ1) is 17.7. The van der Waals surface area contributed by atoms with Gasteiger partial charge in [-0.2, -0.15) is 5.10 Å². The number of fused-ring (bicyclic) bond motifs is 2. The maximum Gasteiger partial charge on any atom is 0.267 e. The summed E-state index contributed by atoms with van der Waals surface area (Å²) in [5.41, 5.74) is 2.01. The minimum Gasteiger partial charge on any atom is -0.297 e. The molecule has 4 heterocycles. The van der Waals surface area contributed by atoms with E-state index in [4.69, 9.17) is 21.8 Å². The second kappa shape index (κ2) is 6.61. The first-order chi connectivity index (χ1) is 13.5. The van der Waals surface area contributed by atoms with Crippen molar-refractivity contribution in [2.75, 3.05) is 0 Å². The van der Waals surface area contributed by atoms with Crippen molar-refractivity contribution >= 4 is 45.5 Å². The highest BCUT2D eigenvalue weighted by Crippen LogP contribution is 2.38. The number of halogens is 2. The number of thiazole rings is 1. The molecule has 140 valence electrons. The Morgan fingerprint density at radius 2 is 2.11 bits per heavy atom. The second-order valence-corrected chi connectivity index (χ2v) is 8.81. The largest absolute Gasteiger partial charge is 0.297 e. The molecule has 0 spiro atoms. The van der Waals surface area contributed by atoms with Crippen LogP contribution in [0.1, 0.15) is 24.5 Å². The average Bonchev–Trinajstić information content (AvgIpc) is 3.37. The Morgan fingerprint density at radius 3 is 2.82 bits per heavy atom. The van der Waals surface area contributed by atoms with Crippen molar-refractivity contribution in [1.29, 1.82) is 5.26 Å². The molecule has 5 nitrogen and oxygen atoms in total. The van der Waals surface area contributed by atoms with Crippen molar-refractivity contribution < 1.29 is 4.39 Å². The number of nitriles is 1. The second-order valence-electron chi connectivity index (χ2n) is 7.42. The van der Waals surface area contributed by atoms with Crippen LogP contribution in [-0.4, -0.2) is 25.9 Å². The van der Waals surface area contributed by atoms with Crippen LogP contribution in [0.3, 0.4) is 0 Å². The summed E-state index contributed by atoms with van der Waals surface area (Å²) in [4.78, 5) is 6.41. The Balaban J connectivity index is 1.50. The molecule has 1 fully saturated rings. The third-order valence-corrected chi connectivity index (χ3v) is 6.94. The molecule has 0 radical (unpaired) electrons. The summed E-state index contributed by atoms with van der Waals surface area (Å²) in [7, 11) is 1.79. The summed E-state index contributed by atoms with van der Waals surface area (Å²) >= 11 is 7.68. The monoisotopic (exact) mass is 411 g/mol. The Hall–Kier alpha value is -2.37. The molecule has 28 heavy (non-hydrogen) atoms. The summed E-state index contributed by atoms with van der Waals surface area (Å²) in [5, 5.41) is 14.2. The van der Waals surface area contributed by atoms with Gasteiger partial charge in [-0.3, -0.25) is 9.08 Å². The molecule has 9 heteroatoms. The maximum atomic E-state index is 14.9. The number of aromatic nitrogens is 4. The molecule has 1 aliphatic heterocycles. The Bertz CT molecular complexity index is 1210. The number of hydrogen-bond acceptors (Lipinski definition) is 4. The van der Waals surface area contributed by atoms with Crippen LogP contribution >= 0.6 is 22.9 Å². The van der Waals surface area contributed by atoms with Crippen LogP contribution in [0.25, 0.3) is 26.3 Å². The summed E-state index contributed by atoms with van der Waals surface area (Å²) in [6, 6.07) is 1.79. The van der Waals surface area contributed by atoms with E-state index in [-0.39, 0.29) is 11.7 Å². The van der Waals surface area contributed by atoms with Crippen LogP contribution in [0, 0.1) is 17.0 Å². The third-order valence-electron chi connectivity index (χ3n) is 5.56. The van der Waals surface area contributed by atoms with Crippen LogP contribution in [0.15, 0.2) is 24.7 Å². The lowest BCUT2D eigenvalue weighted by Crippen LogP contribution is -2.18. The number of benzene rings is 1. The van der Waals surface area contributed by atoms with Gasteiger partial charge in [-0.15, -0.1) is 0 Å². The fraction of sp³-hybridized carbons (Fsp3) is 0.316. The Labute approximate surface area is 170 Å². The molecule has 1 aliphatic rings. The molecular formula is C19H16BClFN5S. The molecule has 5 rings (SSSR count). The topological polar surface area (TPSA) is 58.9 Å². The molecule has 0 saturated carbocycles. The van der Waals surface area contributed by atoms with Gasteiger partial charge in [0.1, 0.15) is 10.5 Å². The van der Waals surface area contributed by atoms with Crippen LogP contribution in [0.2, 0.25) is 17.7 Å². The fourth-order valence-electron chi connectivity index (χ4n) is 4.06. The van der Waals surface area contributed by atoms with Gasteiger partial charge in [-0.1, -0.05) is 48.4 Å². The molecule has 0 atom stereocenters. The van der Waals surface area contributed by atoms with Gasteiger partial charge in [0, 0.05) is 48.5 Å². The standard InChI is InChI=1S/C19H16BClFN5S/c1-26-7-12-6-13(17(22)16(21)18(12)25-26)15-9-27-8-14(24-19(27)28-15)11-2-4-20(10-23)5-3-11/h6-9,11H,2-5H2,1H3. The third kappa shape index (κ3) is 2.81. The summed E-state index contributed by atoms with van der Waals surface area (Å²) in [6.45, 7) is 0.182. The number of nitrogens with zero attached hydrogens (tertiary/aromatic N) is 5. The number of imidazole rings is 1. The van der Waals surface area contributed by atoms with Gasteiger partial charge in [0.05, 0.1) is 10.6 Å². The first-order valence-corrected chi connectivity index (χ1v) is 10.4. The van der Waals surface area contributed by atoms with Crippen molar-refractivity contribution in [2.45, 2.75) is 31.4 Å². The lowest BCUT2D eigenvalue weighted by molar-refractivity contribution is 0.598. The zero-order chi connectivity index (χ0) is 19.4. The highest BCUT2D eigenvalue weighted by molar-refractivity contribution is 7.20. The number of aryl methyl sites for hydroxylation is 1. The molecule has 4 aromatic rings. The van der Waals surface area contributed by atoms with Gasteiger partial charge in [0.15, 0.2) is 10.8 Å². The van der Waals surface area contributed by atoms with E-state index in [0.29, 0.717) is 17.0 Å². The molecular weight excluding hydrogens is 396 g/mol. The molecule has 0 bridgehead atoms. The fourth-order valence-corrected chi connectivity index (χ4v) is 5.29. The van der Waals surface area contributed by atoms with Gasteiger partial charge in [-0.05, 0) is 6.07 Å². The van der Waals surface area contributed by atoms with E-state index in [1.165, 1.54) is 11.3 Å². The summed E-state index contributed by atoms with van der Waals surface area (Å²) in [6.07, 6.45) is 9.65. The quantitative estimate of drug-likeness (QED) is 0.427. The van der Waals surface area contributed by atoms with E-state index in [1.54, 1.807) is 17.8 Å². The molecule has 1 aromatic carbocycles. The lowest BCUT2D eigenvalue weighted by Gasteiger charge is -2.21. The predicted octanol–water partition coefficient (Wildman–Crippen LogP) is 5.18. The number of rotatable bonds is 2. The zero-order valence-corrected chi connectivity index (χ0v) is 16.8. The van der Waals surface area contributed by atoms with E-state index in [0.717, 1.165) is 46.4 Å². The minimum absolute atomic E-state index is 0.0501. The van der Waals surface area contributed by atoms with Crippen molar-refractivity contribution in [3.63, 3.8) is 0 Å². The van der Waals surface area contributed by atoms with Crippen molar-refractivity contribution in [1.82, 2.24) is 19.2 Å². The smallest absolute Gasteiger partial charge is 0.267 e. The molecule has 0 N–H and O–H groups in total. The summed E-state index contributed by atoms with van der Waals surface area (Å²) < 4.78 is 18.5. The van der Waals surface area contributed by atoms with Crippen LogP contribution in [-0.2, 0) is 7.05 Å². The highest BCUT2D eigenvalue weighted by atomic mass is 35.5. The van der Waals surface area contributed by atoms with Gasteiger partial charge in [0.2, 0.25) is 0 Å². The van der Waals surface area contributed by atoms with Crippen LogP contribution in [0.5, 0.6) is 0 Å². The molecule has 3 aromatic heterocycles. The minimum atomic E-state index is -0.451. The van der Waals surface area contributed by atoms with Crippen LogP contribution < -0.4 is 0 Å². The SMILES string of the molecule is Cn1cc2cc(-c3cn4cc(C5CCB(C#N)CC5)nc4s3)c(F)c(Cl)c2n1. The first-order valence-electron chi connectivity index (χ1n) is 9.23. The van der Waals surface area contributed by atoms with E-state index in [2.05, 4.69) is 11.1 Å². The molecule has 1 saturated heterocycles. The van der Waals surface area contributed by atoms with E-state index >= 15 is 0 Å². The van der Waals surface area contributed by atoms with E-state index in [1.807, 2.05) is 23.0 Å². The van der Waals surface area contributed by atoms with E-state index in [9.17, 15) is 4.39 Å². The van der Waals surface area contributed by atoms with Gasteiger partial charge < -0.3 is 0 Å². The van der Waals surface area contributed by atoms with Crippen molar-refractivity contribution in [2.24, 2.45) is 7.05 Å². The summed E-state index contributed by atoms with van der Waals surface area (Å²) in [5.74, 6) is 2.32. The van der Waals surface area contributed by atoms with Gasteiger partial charge >= 0.3 is 0 Å². The number of hydrogen-bond donors (Lipinski definition) is 0. The van der Waals surface area contributed by atoms with Gasteiger partial charge in [0.25, 0.3) is 6.71 Å². The molecule has 0 unspecified atom stereocenters. The average molecular weight is 412 g/mol. The Morgan fingerprint density at radius 1 is 1.32 bits per heavy atom. The van der Waals surface area contributed by atoms with Crippen LogP contribution in [0.4, 0.5) is 4.39 Å². The molecule has 0 amide bonds. The molecule has 0 aliphatic carbocycles. The lowest BCUT2D eigenvalue weighted by atomic mass is 9.41.